The van der Waals surface area contributed by atoms with Crippen LogP contribution in [0.4, 0.5) is 0 Å². The van der Waals surface area contributed by atoms with Crippen molar-refractivity contribution in [1.29, 1.82) is 0 Å². The van der Waals surface area contributed by atoms with Crippen LogP contribution in [0.5, 0.6) is 11.5 Å². The van der Waals surface area contributed by atoms with E-state index in [1.807, 2.05) is 24.3 Å². The summed E-state index contributed by atoms with van der Waals surface area (Å²) in [5, 5.41) is 19.9. The number of rotatable bonds is 6. The van der Waals surface area contributed by atoms with Gasteiger partial charge in [-0.2, -0.15) is 0 Å². The van der Waals surface area contributed by atoms with Gasteiger partial charge in [0.15, 0.2) is 0 Å². The van der Waals surface area contributed by atoms with Crippen LogP contribution in [0, 0.1) is 0 Å². The van der Waals surface area contributed by atoms with Gasteiger partial charge in [0.05, 0.1) is 3.42 Å². The zero-order chi connectivity index (χ0) is 17.0. The van der Waals surface area contributed by atoms with E-state index in [9.17, 15) is 10.2 Å². The quantitative estimate of drug-likeness (QED) is 0.381. The molecule has 2 aromatic carbocycles. The fourth-order valence-corrected chi connectivity index (χ4v) is 3.23. The average molecular weight is 420 g/mol. The highest BCUT2D eigenvalue weighted by Gasteiger charge is 2.26. The number of hydrogen-bond donors (Lipinski definition) is 2. The van der Waals surface area contributed by atoms with Crippen molar-refractivity contribution in [2.24, 2.45) is 0 Å². The molecule has 0 aromatic heterocycles. The minimum Gasteiger partial charge on any atom is -0.508 e. The second-order valence-corrected chi connectivity index (χ2v) is 7.83. The maximum atomic E-state index is 9.96. The van der Waals surface area contributed by atoms with E-state index in [1.54, 1.807) is 24.3 Å². The molecule has 2 rings (SSSR count). The van der Waals surface area contributed by atoms with Crippen molar-refractivity contribution in [2.45, 2.75) is 23.2 Å². The Morgan fingerprint density at radius 3 is 1.65 bits per heavy atom. The molecule has 3 heteroatoms. The van der Waals surface area contributed by atoms with Gasteiger partial charge in [-0.15, -0.1) is 13.2 Å². The molecule has 0 spiro atoms. The molecule has 2 N–H and O–H groups in total. The summed E-state index contributed by atoms with van der Waals surface area (Å²) >= 11 is 2.41. The number of benzene rings is 2. The van der Waals surface area contributed by atoms with Gasteiger partial charge in [0, 0.05) is 0 Å². The number of phenolic OH excluding ortho intramolecular Hbond substituents is 2. The molecule has 0 aliphatic carbocycles. The van der Waals surface area contributed by atoms with Crippen molar-refractivity contribution >= 4 is 22.6 Å². The van der Waals surface area contributed by atoms with Crippen molar-refractivity contribution in [2.75, 3.05) is 0 Å². The zero-order valence-electron chi connectivity index (χ0n) is 13.2. The number of allylic oxidation sites excluding steroid dienone is 2. The largest absolute Gasteiger partial charge is 0.508 e. The first kappa shape index (κ1) is 17.6. The van der Waals surface area contributed by atoms with E-state index in [0.717, 1.165) is 22.3 Å². The minimum absolute atomic E-state index is 0.273. The van der Waals surface area contributed by atoms with E-state index in [4.69, 9.17) is 0 Å². The number of alkyl halides is 1. The van der Waals surface area contributed by atoms with E-state index in [-0.39, 0.29) is 3.42 Å². The summed E-state index contributed by atoms with van der Waals surface area (Å²) in [4.78, 5) is 0. The Labute approximate surface area is 151 Å². The third kappa shape index (κ3) is 3.78. The molecule has 0 radical (unpaired) electrons. The summed E-state index contributed by atoms with van der Waals surface area (Å²) in [6, 6.07) is 11.4. The SMILES string of the molecule is C=CCc1cc(C(C)(I)c2ccc(O)c(CC=C)c2)ccc1O. The van der Waals surface area contributed by atoms with Crippen LogP contribution in [0.2, 0.25) is 0 Å². The van der Waals surface area contributed by atoms with Crippen LogP contribution in [0.25, 0.3) is 0 Å². The maximum Gasteiger partial charge on any atom is 0.119 e. The zero-order valence-corrected chi connectivity index (χ0v) is 15.4. The fraction of sp³-hybridized carbons (Fsp3) is 0.200. The molecule has 0 atom stereocenters. The summed E-state index contributed by atoms with van der Waals surface area (Å²) in [5.41, 5.74) is 3.93. The highest BCUT2D eigenvalue weighted by atomic mass is 127. The van der Waals surface area contributed by atoms with Gasteiger partial charge >= 0.3 is 0 Å². The van der Waals surface area contributed by atoms with E-state index >= 15 is 0 Å². The smallest absolute Gasteiger partial charge is 0.119 e. The normalized spacial score (nSPS) is 11.2. The molecule has 2 aromatic rings. The lowest BCUT2D eigenvalue weighted by atomic mass is 9.89. The summed E-state index contributed by atoms with van der Waals surface area (Å²) in [7, 11) is 0. The maximum absolute atomic E-state index is 9.96. The van der Waals surface area contributed by atoms with Crippen LogP contribution in [0.1, 0.15) is 29.2 Å². The minimum atomic E-state index is -0.273. The topological polar surface area (TPSA) is 40.5 Å². The third-order valence-electron chi connectivity index (χ3n) is 3.97. The van der Waals surface area contributed by atoms with Crippen LogP contribution in [-0.2, 0) is 16.3 Å². The molecule has 0 aliphatic rings. The van der Waals surface area contributed by atoms with Crippen LogP contribution in [0.15, 0.2) is 61.7 Å². The van der Waals surface area contributed by atoms with Crippen molar-refractivity contribution in [1.82, 2.24) is 0 Å². The lowest BCUT2D eigenvalue weighted by Crippen LogP contribution is -2.15. The van der Waals surface area contributed by atoms with Crippen LogP contribution in [-0.4, -0.2) is 10.2 Å². The van der Waals surface area contributed by atoms with Crippen LogP contribution >= 0.6 is 22.6 Å². The monoisotopic (exact) mass is 420 g/mol. The second-order valence-electron chi connectivity index (χ2n) is 5.68. The first-order valence-corrected chi connectivity index (χ1v) is 8.53. The molecule has 0 aliphatic heterocycles. The van der Waals surface area contributed by atoms with E-state index < -0.39 is 0 Å². The standard InChI is InChI=1S/C20H21IO2/c1-4-6-14-12-16(8-10-18(14)22)20(3,21)17-9-11-19(23)15(13-17)7-5-2/h4-5,8-13,22-23H,1-2,6-7H2,3H3. The molecule has 120 valence electrons. The molecule has 0 amide bonds. The number of phenols is 2. The molecule has 0 saturated heterocycles. The van der Waals surface area contributed by atoms with Crippen LogP contribution < -0.4 is 0 Å². The highest BCUT2D eigenvalue weighted by molar-refractivity contribution is 14.1. The van der Waals surface area contributed by atoms with Crippen molar-refractivity contribution < 1.29 is 10.2 Å². The average Bonchev–Trinajstić information content (AvgIpc) is 2.51. The third-order valence-corrected chi connectivity index (χ3v) is 5.22. The summed E-state index contributed by atoms with van der Waals surface area (Å²) in [6.07, 6.45) is 4.82. The van der Waals surface area contributed by atoms with Crippen LogP contribution in [0.3, 0.4) is 0 Å². The molecular weight excluding hydrogens is 399 g/mol. The van der Waals surface area contributed by atoms with Crippen molar-refractivity contribution in [3.05, 3.63) is 84.0 Å². The number of halogens is 1. The molecule has 0 heterocycles. The van der Waals surface area contributed by atoms with Crippen molar-refractivity contribution in [3.63, 3.8) is 0 Å². The molecule has 0 bridgehead atoms. The predicted octanol–water partition coefficient (Wildman–Crippen LogP) is 5.25. The van der Waals surface area contributed by atoms with Gasteiger partial charge in [0.1, 0.15) is 11.5 Å². The Hall–Kier alpha value is -1.75. The van der Waals surface area contributed by atoms with Gasteiger partial charge < -0.3 is 10.2 Å². The fourth-order valence-electron chi connectivity index (χ4n) is 2.56. The van der Waals surface area contributed by atoms with Gasteiger partial charge in [-0.1, -0.05) is 59.0 Å². The van der Waals surface area contributed by atoms with Gasteiger partial charge in [-0.25, -0.2) is 0 Å². The Bertz CT molecular complexity index is 671. The molecule has 23 heavy (non-hydrogen) atoms. The first-order valence-electron chi connectivity index (χ1n) is 7.45. The van der Waals surface area contributed by atoms with Gasteiger partial charge in [-0.05, 0) is 54.2 Å². The Morgan fingerprint density at radius 2 is 1.30 bits per heavy atom. The summed E-state index contributed by atoms with van der Waals surface area (Å²) in [6.45, 7) is 9.60. The first-order chi connectivity index (χ1) is 10.9. The van der Waals surface area contributed by atoms with E-state index in [1.165, 1.54) is 0 Å². The molecule has 0 saturated carbocycles. The molecular formula is C20H21IO2. The lowest BCUT2D eigenvalue weighted by molar-refractivity contribution is 0.469. The van der Waals surface area contributed by atoms with Gasteiger partial charge in [0.2, 0.25) is 0 Å². The Morgan fingerprint density at radius 1 is 0.913 bits per heavy atom. The molecule has 0 fully saturated rings. The summed E-state index contributed by atoms with van der Waals surface area (Å²) < 4.78 is -0.273. The Kier molecular flexibility index (Phi) is 5.52. The van der Waals surface area contributed by atoms with E-state index in [0.29, 0.717) is 24.3 Å². The molecule has 0 unspecified atom stereocenters. The van der Waals surface area contributed by atoms with Crippen molar-refractivity contribution in [3.8, 4) is 11.5 Å². The Balaban J connectivity index is 2.49. The predicted molar refractivity (Wildman–Crippen MR) is 104 cm³/mol. The second kappa shape index (κ2) is 7.21. The van der Waals surface area contributed by atoms with E-state index in [2.05, 4.69) is 42.7 Å². The molecule has 2 nitrogen and oxygen atoms in total. The number of aromatic hydroxyl groups is 2. The summed E-state index contributed by atoms with van der Waals surface area (Å²) in [5.74, 6) is 0.581. The van der Waals surface area contributed by atoms with Gasteiger partial charge in [0.25, 0.3) is 0 Å². The lowest BCUT2D eigenvalue weighted by Gasteiger charge is -2.25. The number of hydrogen-bond acceptors (Lipinski definition) is 2. The highest BCUT2D eigenvalue weighted by Crippen LogP contribution is 2.41. The van der Waals surface area contributed by atoms with Gasteiger partial charge in [-0.3, -0.25) is 0 Å².